The molecule has 0 aliphatic carbocycles. The van der Waals surface area contributed by atoms with Gasteiger partial charge >= 0.3 is 0 Å². The smallest absolute Gasteiger partial charge is 0.168 e. The molecule has 0 aliphatic heterocycles. The molecule has 0 aliphatic rings. The summed E-state index contributed by atoms with van der Waals surface area (Å²) in [7, 11) is 0. The Morgan fingerprint density at radius 2 is 1.68 bits per heavy atom. The second-order valence-electron chi connectivity index (χ2n) is 7.12. The van der Waals surface area contributed by atoms with Gasteiger partial charge in [-0.3, -0.25) is 4.57 Å². The summed E-state index contributed by atoms with van der Waals surface area (Å²) in [4.78, 5) is 5.01. The van der Waals surface area contributed by atoms with Crippen molar-refractivity contribution < 1.29 is 0 Å². The molecule has 0 spiro atoms. The molecule has 4 rings (SSSR count). The maximum atomic E-state index is 6.58. The van der Waals surface area contributed by atoms with Crippen molar-refractivity contribution in [3.8, 4) is 27.8 Å². The number of halogens is 3. The lowest BCUT2D eigenvalue weighted by atomic mass is 10.2. The minimum atomic E-state index is 0.544. The molecule has 0 saturated heterocycles. The van der Waals surface area contributed by atoms with Crippen LogP contribution < -0.4 is 0 Å². The topological polar surface area (TPSA) is 43.6 Å². The van der Waals surface area contributed by atoms with Crippen molar-refractivity contribution in [1.29, 1.82) is 0 Å². The first-order valence-corrected chi connectivity index (χ1v) is 12.1. The average Bonchev–Trinajstić information content (AvgIpc) is 3.37. The van der Waals surface area contributed by atoms with Crippen molar-refractivity contribution in [2.45, 2.75) is 39.5 Å². The van der Waals surface area contributed by atoms with Gasteiger partial charge < -0.3 is 0 Å². The van der Waals surface area contributed by atoms with Gasteiger partial charge in [-0.2, -0.15) is 0 Å². The number of hydrogen-bond acceptors (Lipinski definition) is 4. The normalized spacial score (nSPS) is 11.3. The molecule has 31 heavy (non-hydrogen) atoms. The lowest BCUT2D eigenvalue weighted by Crippen LogP contribution is -2.02. The maximum absolute atomic E-state index is 6.58. The number of rotatable bonds is 7. The predicted octanol–water partition coefficient (Wildman–Crippen LogP) is 7.92. The van der Waals surface area contributed by atoms with E-state index in [1.165, 1.54) is 0 Å². The molecule has 2 aromatic heterocycles. The molecular formula is C23H21Cl3N4S. The summed E-state index contributed by atoms with van der Waals surface area (Å²) in [6.45, 7) is 4.28. The van der Waals surface area contributed by atoms with Crippen molar-refractivity contribution in [3.05, 3.63) is 68.2 Å². The molecule has 2 heterocycles. The van der Waals surface area contributed by atoms with E-state index in [1.807, 2.05) is 36.4 Å². The van der Waals surface area contributed by atoms with Crippen LogP contribution in [0.25, 0.3) is 27.8 Å². The largest absolute Gasteiger partial charge is 0.296 e. The highest BCUT2D eigenvalue weighted by atomic mass is 35.5. The van der Waals surface area contributed by atoms with Gasteiger partial charge in [-0.15, -0.1) is 10.2 Å². The molecule has 0 saturated carbocycles. The Morgan fingerprint density at radius 3 is 2.35 bits per heavy atom. The first-order chi connectivity index (χ1) is 15.0. The molecule has 0 bridgehead atoms. The van der Waals surface area contributed by atoms with Gasteiger partial charge in [-0.1, -0.05) is 66.4 Å². The van der Waals surface area contributed by atoms with Crippen LogP contribution in [-0.2, 0) is 12.8 Å². The molecular weight excluding hydrogens is 471 g/mol. The van der Waals surface area contributed by atoms with Crippen molar-refractivity contribution in [2.75, 3.05) is 0 Å². The van der Waals surface area contributed by atoms with Crippen molar-refractivity contribution >= 4 is 46.1 Å². The Labute approximate surface area is 200 Å². The van der Waals surface area contributed by atoms with Gasteiger partial charge in [-0.25, -0.2) is 4.98 Å². The number of imidazole rings is 1. The van der Waals surface area contributed by atoms with Gasteiger partial charge in [0.05, 0.1) is 10.7 Å². The Kier molecular flexibility index (Phi) is 6.97. The number of nitrogens with zero attached hydrogens (tertiary/aromatic N) is 4. The highest BCUT2D eigenvalue weighted by Gasteiger charge is 2.23. The van der Waals surface area contributed by atoms with E-state index in [9.17, 15) is 0 Å². The second-order valence-corrected chi connectivity index (χ2v) is 9.47. The van der Waals surface area contributed by atoms with Gasteiger partial charge in [-0.05, 0) is 55.3 Å². The Balaban J connectivity index is 1.93. The van der Waals surface area contributed by atoms with Crippen LogP contribution in [0.1, 0.15) is 37.4 Å². The summed E-state index contributed by atoms with van der Waals surface area (Å²) in [5.41, 5.74) is 3.63. The number of benzene rings is 2. The third-order valence-corrected chi connectivity index (χ3v) is 6.77. The molecule has 0 atom stereocenters. The molecule has 0 unspecified atom stereocenters. The molecule has 0 amide bonds. The van der Waals surface area contributed by atoms with Crippen LogP contribution in [-0.4, -0.2) is 19.7 Å². The van der Waals surface area contributed by atoms with E-state index in [2.05, 4.69) is 28.6 Å². The van der Waals surface area contributed by atoms with E-state index in [4.69, 9.17) is 39.8 Å². The number of aryl methyl sites for hydroxylation is 1. The maximum Gasteiger partial charge on any atom is 0.168 e. The summed E-state index contributed by atoms with van der Waals surface area (Å²) in [6.07, 6.45) is 3.92. The van der Waals surface area contributed by atoms with E-state index in [-0.39, 0.29) is 0 Å². The zero-order valence-corrected chi connectivity index (χ0v) is 20.3. The summed E-state index contributed by atoms with van der Waals surface area (Å²) < 4.78 is 2.12. The van der Waals surface area contributed by atoms with E-state index >= 15 is 0 Å². The minimum Gasteiger partial charge on any atom is -0.296 e. The van der Waals surface area contributed by atoms with Gasteiger partial charge in [0.1, 0.15) is 16.5 Å². The standard InChI is InChI=1S/C23H21Cl3N4S/c1-3-5-6-20-28-29-23(31-20)21-19(4-2)30(16-10-7-14(24)8-11-16)22(27-21)17-12-9-15(25)13-18(17)26/h7-13H,3-6H2,1-2H3. The van der Waals surface area contributed by atoms with Gasteiger partial charge in [0.25, 0.3) is 0 Å². The third-order valence-electron chi connectivity index (χ3n) is 4.98. The first-order valence-electron chi connectivity index (χ1n) is 10.2. The SMILES string of the molecule is CCCCc1nnc(-c2nc(-c3ccc(Cl)cc3Cl)n(-c3ccc(Cl)cc3)c2CC)s1. The van der Waals surface area contributed by atoms with Crippen molar-refractivity contribution in [3.63, 3.8) is 0 Å². The van der Waals surface area contributed by atoms with E-state index < -0.39 is 0 Å². The third kappa shape index (κ3) is 4.65. The molecule has 0 N–H and O–H groups in total. The molecule has 8 heteroatoms. The highest BCUT2D eigenvalue weighted by Crippen LogP contribution is 2.37. The van der Waals surface area contributed by atoms with E-state index in [0.29, 0.717) is 15.1 Å². The summed E-state index contributed by atoms with van der Waals surface area (Å²) in [6, 6.07) is 13.2. The lowest BCUT2D eigenvalue weighted by molar-refractivity contribution is 0.779. The Hall–Kier alpha value is -1.92. The van der Waals surface area contributed by atoms with Crippen molar-refractivity contribution in [2.24, 2.45) is 0 Å². The fourth-order valence-corrected chi connectivity index (χ4v) is 4.96. The number of hydrogen-bond donors (Lipinski definition) is 0. The lowest BCUT2D eigenvalue weighted by Gasteiger charge is -2.13. The van der Waals surface area contributed by atoms with Crippen LogP contribution in [0.3, 0.4) is 0 Å². The fraction of sp³-hybridized carbons (Fsp3) is 0.261. The van der Waals surface area contributed by atoms with Crippen LogP contribution in [0.5, 0.6) is 0 Å². The van der Waals surface area contributed by atoms with Crippen LogP contribution in [0.4, 0.5) is 0 Å². The summed E-state index contributed by atoms with van der Waals surface area (Å²) >= 11 is 20.5. The van der Waals surface area contributed by atoms with Crippen LogP contribution in [0.2, 0.25) is 15.1 Å². The summed E-state index contributed by atoms with van der Waals surface area (Å²) in [5, 5.41) is 12.5. The Morgan fingerprint density at radius 1 is 0.935 bits per heavy atom. The van der Waals surface area contributed by atoms with Crippen LogP contribution >= 0.6 is 46.1 Å². The van der Waals surface area contributed by atoms with E-state index in [0.717, 1.165) is 64.2 Å². The molecule has 0 fully saturated rings. The molecule has 2 aromatic carbocycles. The average molecular weight is 492 g/mol. The molecule has 0 radical (unpaired) electrons. The fourth-order valence-electron chi connectivity index (χ4n) is 3.45. The molecule has 4 aromatic rings. The quantitative estimate of drug-likeness (QED) is 0.264. The molecule has 160 valence electrons. The van der Waals surface area contributed by atoms with Gasteiger partial charge in [0, 0.05) is 27.7 Å². The summed E-state index contributed by atoms with van der Waals surface area (Å²) in [5.74, 6) is 0.737. The monoisotopic (exact) mass is 490 g/mol. The Bertz CT molecular complexity index is 1200. The highest BCUT2D eigenvalue weighted by molar-refractivity contribution is 7.14. The minimum absolute atomic E-state index is 0.544. The van der Waals surface area contributed by atoms with Crippen LogP contribution in [0.15, 0.2) is 42.5 Å². The van der Waals surface area contributed by atoms with Gasteiger partial charge in [0.15, 0.2) is 5.01 Å². The second kappa shape index (κ2) is 9.70. The number of aromatic nitrogens is 4. The predicted molar refractivity (Wildman–Crippen MR) is 131 cm³/mol. The zero-order valence-electron chi connectivity index (χ0n) is 17.2. The first kappa shape index (κ1) is 22.3. The molecule has 4 nitrogen and oxygen atoms in total. The van der Waals surface area contributed by atoms with Crippen molar-refractivity contribution in [1.82, 2.24) is 19.7 Å². The number of unbranched alkanes of at least 4 members (excludes halogenated alkanes) is 1. The zero-order chi connectivity index (χ0) is 22.0. The van der Waals surface area contributed by atoms with Crippen LogP contribution in [0, 0.1) is 0 Å². The van der Waals surface area contributed by atoms with Gasteiger partial charge in [0.2, 0.25) is 0 Å². The van der Waals surface area contributed by atoms with E-state index in [1.54, 1.807) is 17.4 Å².